The van der Waals surface area contributed by atoms with Crippen molar-refractivity contribution in [3.05, 3.63) is 36.0 Å². The summed E-state index contributed by atoms with van der Waals surface area (Å²) in [5, 5.41) is 15.4. The van der Waals surface area contributed by atoms with Gasteiger partial charge in [-0.05, 0) is 30.7 Å². The largest absolute Gasteiger partial charge is 0.506 e. The van der Waals surface area contributed by atoms with E-state index in [1.165, 1.54) is 18.3 Å². The fourth-order valence-electron chi connectivity index (χ4n) is 1.32. The molecule has 0 bridgehead atoms. The minimum absolute atomic E-state index is 0.0570. The van der Waals surface area contributed by atoms with Crippen molar-refractivity contribution < 1.29 is 13.5 Å². The predicted octanol–water partition coefficient (Wildman–Crippen LogP) is 1.22. The van der Waals surface area contributed by atoms with Gasteiger partial charge in [0.25, 0.3) is 10.0 Å². The summed E-state index contributed by atoms with van der Waals surface area (Å²) in [6.45, 7) is 1.80. The quantitative estimate of drug-likeness (QED) is 0.717. The Morgan fingerprint density at radius 2 is 2.12 bits per heavy atom. The monoisotopic (exact) mass is 253 g/mol. The number of phenols is 1. The molecule has 0 aliphatic heterocycles. The van der Waals surface area contributed by atoms with Crippen LogP contribution in [-0.2, 0) is 10.0 Å². The third-order valence-corrected chi connectivity index (χ3v) is 3.46. The Labute approximate surface area is 98.4 Å². The van der Waals surface area contributed by atoms with Crippen molar-refractivity contribution >= 4 is 15.7 Å². The van der Waals surface area contributed by atoms with Crippen LogP contribution in [0, 0.1) is 6.92 Å². The van der Waals surface area contributed by atoms with Crippen LogP contribution in [0.4, 0.5) is 5.69 Å². The number of aryl methyl sites for hydroxylation is 1. The molecule has 1 heterocycles. The van der Waals surface area contributed by atoms with E-state index in [4.69, 9.17) is 0 Å². The van der Waals surface area contributed by atoms with Gasteiger partial charge in [0.1, 0.15) is 5.75 Å². The average molecular weight is 253 g/mol. The highest BCUT2D eigenvalue weighted by Crippen LogP contribution is 2.26. The Kier molecular flexibility index (Phi) is 2.76. The Hall–Kier alpha value is -2.02. The number of rotatable bonds is 3. The first-order valence-electron chi connectivity index (χ1n) is 4.81. The van der Waals surface area contributed by atoms with Crippen molar-refractivity contribution in [2.24, 2.45) is 0 Å². The molecular weight excluding hydrogens is 242 g/mol. The number of benzene rings is 1. The van der Waals surface area contributed by atoms with Crippen LogP contribution < -0.4 is 4.72 Å². The van der Waals surface area contributed by atoms with Crippen molar-refractivity contribution in [1.82, 2.24) is 10.2 Å². The molecule has 0 atom stereocenters. The van der Waals surface area contributed by atoms with Gasteiger partial charge in [-0.1, -0.05) is 6.07 Å². The number of nitrogens with one attached hydrogen (secondary N) is 2. The smallest absolute Gasteiger partial charge is 0.278 e. The Morgan fingerprint density at radius 3 is 2.76 bits per heavy atom. The molecule has 0 aliphatic carbocycles. The molecule has 90 valence electrons. The van der Waals surface area contributed by atoms with Gasteiger partial charge in [0.2, 0.25) is 0 Å². The molecule has 1 aromatic heterocycles. The first-order chi connectivity index (χ1) is 7.99. The number of H-pyrrole nitrogens is 1. The maximum absolute atomic E-state index is 11.8. The molecule has 0 spiro atoms. The normalized spacial score (nSPS) is 11.4. The summed E-state index contributed by atoms with van der Waals surface area (Å²) in [6, 6.07) is 5.99. The second-order valence-corrected chi connectivity index (χ2v) is 5.20. The van der Waals surface area contributed by atoms with Crippen molar-refractivity contribution in [2.75, 3.05) is 4.72 Å². The highest BCUT2D eigenvalue weighted by Gasteiger charge is 2.17. The van der Waals surface area contributed by atoms with E-state index in [2.05, 4.69) is 14.9 Å². The van der Waals surface area contributed by atoms with Gasteiger partial charge in [0, 0.05) is 0 Å². The summed E-state index contributed by atoms with van der Waals surface area (Å²) in [7, 11) is -3.74. The molecule has 6 nitrogen and oxygen atoms in total. The highest BCUT2D eigenvalue weighted by atomic mass is 32.2. The Bertz CT molecular complexity index is 620. The van der Waals surface area contributed by atoms with E-state index in [0.717, 1.165) is 5.56 Å². The second kappa shape index (κ2) is 4.10. The zero-order valence-corrected chi connectivity index (χ0v) is 9.82. The standard InChI is InChI=1S/C10H11N3O3S/c1-7-2-3-9(14)8(6-7)13-17(15,16)10-4-5-11-12-10/h2-6,13-14H,1H3,(H,11,12). The zero-order valence-electron chi connectivity index (χ0n) is 9.01. The van der Waals surface area contributed by atoms with Gasteiger partial charge in [-0.2, -0.15) is 13.5 Å². The van der Waals surface area contributed by atoms with Crippen LogP contribution in [0.5, 0.6) is 5.75 Å². The lowest BCUT2D eigenvalue weighted by Gasteiger charge is -2.08. The summed E-state index contributed by atoms with van der Waals surface area (Å²) < 4.78 is 25.9. The molecule has 2 rings (SSSR count). The summed E-state index contributed by atoms with van der Waals surface area (Å²) in [6.07, 6.45) is 1.34. The second-order valence-electron chi connectivity index (χ2n) is 3.55. The van der Waals surface area contributed by atoms with Crippen LogP contribution in [0.3, 0.4) is 0 Å². The molecule has 0 saturated carbocycles. The number of aromatic nitrogens is 2. The Morgan fingerprint density at radius 1 is 1.35 bits per heavy atom. The lowest BCUT2D eigenvalue weighted by molar-refractivity contribution is 0.477. The van der Waals surface area contributed by atoms with Gasteiger partial charge in [0.15, 0.2) is 5.03 Å². The van der Waals surface area contributed by atoms with Crippen molar-refractivity contribution in [2.45, 2.75) is 11.9 Å². The van der Waals surface area contributed by atoms with Crippen LogP contribution >= 0.6 is 0 Å². The first-order valence-corrected chi connectivity index (χ1v) is 6.29. The maximum atomic E-state index is 11.8. The summed E-state index contributed by atoms with van der Waals surface area (Å²) in [5.74, 6) is -0.126. The third-order valence-electron chi connectivity index (χ3n) is 2.16. The summed E-state index contributed by atoms with van der Waals surface area (Å²) in [4.78, 5) is 0. The van der Waals surface area contributed by atoms with Crippen LogP contribution in [0.1, 0.15) is 5.56 Å². The molecule has 7 heteroatoms. The van der Waals surface area contributed by atoms with Crippen molar-refractivity contribution in [3.63, 3.8) is 0 Å². The third kappa shape index (κ3) is 2.39. The van der Waals surface area contributed by atoms with Crippen molar-refractivity contribution in [1.29, 1.82) is 0 Å². The first kappa shape index (κ1) is 11.5. The van der Waals surface area contributed by atoms with E-state index < -0.39 is 10.0 Å². The molecule has 0 radical (unpaired) electrons. The fraction of sp³-hybridized carbons (Fsp3) is 0.100. The lowest BCUT2D eigenvalue weighted by Crippen LogP contribution is -2.13. The van der Waals surface area contributed by atoms with Crippen LogP contribution in [-0.4, -0.2) is 23.7 Å². The molecule has 0 unspecified atom stereocenters. The van der Waals surface area contributed by atoms with E-state index in [9.17, 15) is 13.5 Å². The van der Waals surface area contributed by atoms with Gasteiger partial charge in [0.05, 0.1) is 11.9 Å². The number of hydrogen-bond donors (Lipinski definition) is 3. The number of aromatic hydroxyl groups is 1. The SMILES string of the molecule is Cc1ccc(O)c(NS(=O)(=O)c2ccn[nH]2)c1. The van der Waals surface area contributed by atoms with Gasteiger partial charge in [-0.3, -0.25) is 9.82 Å². The van der Waals surface area contributed by atoms with Crippen LogP contribution in [0.15, 0.2) is 35.5 Å². The topological polar surface area (TPSA) is 95.1 Å². The summed E-state index contributed by atoms with van der Waals surface area (Å²) >= 11 is 0. The molecule has 3 N–H and O–H groups in total. The predicted molar refractivity (Wildman–Crippen MR) is 62.2 cm³/mol. The van der Waals surface area contributed by atoms with E-state index in [0.29, 0.717) is 0 Å². The molecule has 2 aromatic rings. The molecule has 0 aliphatic rings. The minimum Gasteiger partial charge on any atom is -0.506 e. The van der Waals surface area contributed by atoms with Crippen molar-refractivity contribution in [3.8, 4) is 5.75 Å². The van der Waals surface area contributed by atoms with E-state index in [1.807, 2.05) is 0 Å². The number of anilines is 1. The fourth-order valence-corrected chi connectivity index (χ4v) is 2.30. The molecule has 0 amide bonds. The van der Waals surface area contributed by atoms with Gasteiger partial charge in [-0.25, -0.2) is 0 Å². The molecule has 0 fully saturated rings. The van der Waals surface area contributed by atoms with E-state index in [1.54, 1.807) is 19.1 Å². The lowest BCUT2D eigenvalue weighted by atomic mass is 10.2. The zero-order chi connectivity index (χ0) is 12.5. The molecular formula is C10H11N3O3S. The molecule has 0 saturated heterocycles. The van der Waals surface area contributed by atoms with Crippen LogP contribution in [0.25, 0.3) is 0 Å². The molecule has 1 aromatic carbocycles. The van der Waals surface area contributed by atoms with Gasteiger partial charge < -0.3 is 5.11 Å². The number of aromatic amines is 1. The Balaban J connectivity index is 2.36. The minimum atomic E-state index is -3.74. The van der Waals surface area contributed by atoms with Crippen LogP contribution in [0.2, 0.25) is 0 Å². The van der Waals surface area contributed by atoms with Gasteiger partial charge in [-0.15, -0.1) is 0 Å². The van der Waals surface area contributed by atoms with E-state index >= 15 is 0 Å². The average Bonchev–Trinajstić information content (AvgIpc) is 2.77. The molecule has 17 heavy (non-hydrogen) atoms. The summed E-state index contributed by atoms with van der Waals surface area (Å²) in [5.41, 5.74) is 0.977. The van der Waals surface area contributed by atoms with E-state index in [-0.39, 0.29) is 16.5 Å². The number of sulfonamides is 1. The number of phenolic OH excluding ortho intramolecular Hbond substituents is 1. The van der Waals surface area contributed by atoms with Gasteiger partial charge >= 0.3 is 0 Å². The maximum Gasteiger partial charge on any atom is 0.278 e. The number of nitrogens with zero attached hydrogens (tertiary/aromatic N) is 1. The highest BCUT2D eigenvalue weighted by molar-refractivity contribution is 7.92. The number of hydrogen-bond acceptors (Lipinski definition) is 4.